The van der Waals surface area contributed by atoms with E-state index >= 15 is 0 Å². The molecule has 2 aromatic carbocycles. The molecule has 12 rings (SSSR count). The van der Waals surface area contributed by atoms with Crippen molar-refractivity contribution in [1.82, 2.24) is 20.2 Å². The van der Waals surface area contributed by atoms with Gasteiger partial charge in [-0.3, -0.25) is 9.59 Å². The van der Waals surface area contributed by atoms with Crippen molar-refractivity contribution >= 4 is 46.1 Å². The fourth-order valence-electron chi connectivity index (χ4n) is 10.7. The lowest BCUT2D eigenvalue weighted by atomic mass is 9.63. The Hall–Kier alpha value is -3.29. The SMILES string of the molecule is C1C2CC3CC1CC(C2)N3.Cl.O=C(CCc1c[nH]c2ccccc12)N1C2CC3CC(C2)CC1C3.O=C(O)CCc1c[nH]c2ccccc12. The van der Waals surface area contributed by atoms with Crippen molar-refractivity contribution in [3.05, 3.63) is 72.1 Å². The van der Waals surface area contributed by atoms with E-state index in [-0.39, 0.29) is 18.8 Å². The van der Waals surface area contributed by atoms with E-state index in [0.29, 0.717) is 30.8 Å². The molecule has 8 bridgehead atoms. The number of hydrogen-bond acceptors (Lipinski definition) is 3. The molecular formula is C40H51ClN4O3. The molecule has 7 nitrogen and oxygen atoms in total. The van der Waals surface area contributed by atoms with Crippen LogP contribution in [-0.4, -0.2) is 56.0 Å². The van der Waals surface area contributed by atoms with Gasteiger partial charge in [-0.15, -0.1) is 12.4 Å². The first-order valence-corrected chi connectivity index (χ1v) is 18.3. The molecule has 1 amide bonds. The van der Waals surface area contributed by atoms with Gasteiger partial charge in [0.2, 0.25) is 5.91 Å². The first-order chi connectivity index (χ1) is 22.9. The molecule has 8 fully saturated rings. The number of nitrogens with zero attached hydrogens (tertiary/aromatic N) is 1. The number of aliphatic carboxylic acids is 1. The fourth-order valence-corrected chi connectivity index (χ4v) is 10.7. The van der Waals surface area contributed by atoms with Gasteiger partial charge < -0.3 is 25.3 Å². The van der Waals surface area contributed by atoms with Crippen LogP contribution in [0.4, 0.5) is 0 Å². The highest BCUT2D eigenvalue weighted by Crippen LogP contribution is 2.49. The summed E-state index contributed by atoms with van der Waals surface area (Å²) in [5, 5.41) is 14.7. The molecule has 4 aliphatic carbocycles. The van der Waals surface area contributed by atoms with E-state index < -0.39 is 5.97 Å². The summed E-state index contributed by atoms with van der Waals surface area (Å²) < 4.78 is 0. The monoisotopic (exact) mass is 670 g/mol. The molecule has 2 aromatic heterocycles. The fraction of sp³-hybridized carbons (Fsp3) is 0.550. The lowest BCUT2D eigenvalue weighted by Gasteiger charge is -2.56. The van der Waals surface area contributed by atoms with Crippen molar-refractivity contribution in [1.29, 1.82) is 0 Å². The van der Waals surface area contributed by atoms with Crippen LogP contribution in [0.2, 0.25) is 0 Å². The van der Waals surface area contributed by atoms with Crippen LogP contribution in [0.5, 0.6) is 0 Å². The molecule has 0 unspecified atom stereocenters. The standard InChI is InChI=1S/C20H24N2O.C11H11NO2.C9H15N.ClH/c23-20(6-5-15-12-21-19-4-2-1-3-18(15)19)22-16-8-13-7-14(10-16)11-17(22)9-13;13-11(14)6-5-8-7-12-10-4-2-1-3-9(8)10;1-6-2-8-4-7(1)5-9(3-6)10-8;/h1-4,12-14,16-17,21H,5-11H2;1-4,7,12H,5-6H2,(H,13,14);6-10H,1-5H2;1H. The quantitative estimate of drug-likeness (QED) is 0.167. The maximum absolute atomic E-state index is 12.9. The molecule has 8 heteroatoms. The number of carboxylic acid groups (broad SMARTS) is 1. The maximum Gasteiger partial charge on any atom is 0.303 e. The second-order valence-electron chi connectivity index (χ2n) is 15.6. The summed E-state index contributed by atoms with van der Waals surface area (Å²) in [5.74, 6) is 3.69. The van der Waals surface area contributed by atoms with Crippen LogP contribution in [0.1, 0.15) is 88.2 Å². The third-order valence-electron chi connectivity index (χ3n) is 12.3. The van der Waals surface area contributed by atoms with Crippen LogP contribution in [-0.2, 0) is 22.4 Å². The molecule has 256 valence electrons. The Bertz CT molecular complexity index is 1640. The van der Waals surface area contributed by atoms with Crippen LogP contribution < -0.4 is 5.32 Å². The number of hydrogen-bond donors (Lipinski definition) is 4. The molecule has 4 saturated carbocycles. The number of aromatic nitrogens is 2. The van der Waals surface area contributed by atoms with Gasteiger partial charge in [-0.2, -0.15) is 0 Å². The minimum absolute atomic E-state index is 0. The zero-order valence-corrected chi connectivity index (χ0v) is 28.7. The normalized spacial score (nSPS) is 30.4. The predicted octanol–water partition coefficient (Wildman–Crippen LogP) is 8.03. The van der Waals surface area contributed by atoms with Gasteiger partial charge >= 0.3 is 5.97 Å². The Morgan fingerprint density at radius 3 is 1.52 bits per heavy atom. The number of halogens is 1. The van der Waals surface area contributed by atoms with Gasteiger partial charge in [-0.1, -0.05) is 36.4 Å². The summed E-state index contributed by atoms with van der Waals surface area (Å²) in [7, 11) is 0. The van der Waals surface area contributed by atoms with Crippen molar-refractivity contribution < 1.29 is 14.7 Å². The zero-order valence-electron chi connectivity index (χ0n) is 27.9. The molecule has 6 heterocycles. The Kier molecular flexibility index (Phi) is 9.89. The smallest absolute Gasteiger partial charge is 0.303 e. The van der Waals surface area contributed by atoms with Crippen LogP contribution in [0.3, 0.4) is 0 Å². The number of carbonyl (C=O) groups excluding carboxylic acids is 1. The number of fused-ring (bicyclic) bond motifs is 2. The molecule has 48 heavy (non-hydrogen) atoms. The number of piperidine rings is 4. The first-order valence-electron chi connectivity index (χ1n) is 18.3. The van der Waals surface area contributed by atoms with Crippen LogP contribution in [0, 0.1) is 23.7 Å². The van der Waals surface area contributed by atoms with Gasteiger partial charge in [0.05, 0.1) is 0 Å². The zero-order chi connectivity index (χ0) is 31.9. The average molecular weight is 671 g/mol. The minimum Gasteiger partial charge on any atom is -0.481 e. The Morgan fingerprint density at radius 1 is 0.625 bits per heavy atom. The topological polar surface area (TPSA) is 101 Å². The molecule has 0 spiro atoms. The average Bonchev–Trinajstić information content (AvgIpc) is 3.66. The number of benzene rings is 2. The van der Waals surface area contributed by atoms with Gasteiger partial charge in [0.25, 0.3) is 0 Å². The van der Waals surface area contributed by atoms with Crippen molar-refractivity contribution in [2.75, 3.05) is 0 Å². The molecule has 0 atom stereocenters. The molecule has 8 aliphatic rings. The third kappa shape index (κ3) is 7.04. The molecule has 4 aliphatic heterocycles. The first kappa shape index (κ1) is 33.2. The second kappa shape index (κ2) is 14.3. The van der Waals surface area contributed by atoms with Crippen LogP contribution in [0.15, 0.2) is 60.9 Å². The molecule has 4 saturated heterocycles. The van der Waals surface area contributed by atoms with E-state index in [1.807, 2.05) is 36.5 Å². The van der Waals surface area contributed by atoms with E-state index in [4.69, 9.17) is 5.11 Å². The highest BCUT2D eigenvalue weighted by molar-refractivity contribution is 5.86. The Balaban J connectivity index is 0.000000124. The van der Waals surface area contributed by atoms with Gasteiger partial charge in [0.15, 0.2) is 0 Å². The maximum atomic E-state index is 12.9. The Morgan fingerprint density at radius 2 is 1.06 bits per heavy atom. The van der Waals surface area contributed by atoms with Gasteiger partial charge in [0.1, 0.15) is 0 Å². The number of aryl methyl sites for hydroxylation is 2. The van der Waals surface area contributed by atoms with Crippen molar-refractivity contribution in [3.8, 4) is 0 Å². The number of carboxylic acids is 1. The van der Waals surface area contributed by atoms with Crippen molar-refractivity contribution in [3.63, 3.8) is 0 Å². The lowest BCUT2D eigenvalue weighted by molar-refractivity contribution is -0.149. The Labute approximate surface area is 290 Å². The summed E-state index contributed by atoms with van der Waals surface area (Å²) in [5.41, 5.74) is 4.58. The number of H-pyrrole nitrogens is 2. The molecule has 4 aromatic rings. The van der Waals surface area contributed by atoms with E-state index in [1.165, 1.54) is 74.3 Å². The minimum atomic E-state index is -0.754. The number of carbonyl (C=O) groups is 2. The van der Waals surface area contributed by atoms with Gasteiger partial charge in [-0.25, -0.2) is 0 Å². The molecular weight excluding hydrogens is 620 g/mol. The number of para-hydroxylation sites is 2. The van der Waals surface area contributed by atoms with Gasteiger partial charge in [-0.05, 0) is 124 Å². The van der Waals surface area contributed by atoms with Gasteiger partial charge in [0, 0.05) is 71.2 Å². The van der Waals surface area contributed by atoms with E-state index in [0.717, 1.165) is 58.6 Å². The third-order valence-corrected chi connectivity index (χ3v) is 12.3. The lowest BCUT2D eigenvalue weighted by Crippen LogP contribution is -2.59. The largest absolute Gasteiger partial charge is 0.481 e. The molecule has 4 N–H and O–H groups in total. The van der Waals surface area contributed by atoms with Crippen molar-refractivity contribution in [2.24, 2.45) is 23.7 Å². The summed E-state index contributed by atoms with van der Waals surface area (Å²) >= 11 is 0. The van der Waals surface area contributed by atoms with E-state index in [1.54, 1.807) is 6.42 Å². The second-order valence-corrected chi connectivity index (χ2v) is 15.6. The molecule has 0 radical (unpaired) electrons. The van der Waals surface area contributed by atoms with Crippen LogP contribution >= 0.6 is 12.4 Å². The number of amides is 1. The summed E-state index contributed by atoms with van der Waals surface area (Å²) in [6.45, 7) is 0. The predicted molar refractivity (Wildman–Crippen MR) is 193 cm³/mol. The number of aromatic amines is 2. The van der Waals surface area contributed by atoms with Crippen molar-refractivity contribution in [2.45, 2.75) is 114 Å². The highest BCUT2D eigenvalue weighted by Gasteiger charge is 2.48. The number of nitrogens with one attached hydrogen (secondary N) is 3. The summed E-state index contributed by atoms with van der Waals surface area (Å²) in [6, 6.07) is 19.2. The highest BCUT2D eigenvalue weighted by atomic mass is 35.5. The summed E-state index contributed by atoms with van der Waals surface area (Å²) in [6.07, 6.45) is 20.3. The van der Waals surface area contributed by atoms with Crippen LogP contribution in [0.25, 0.3) is 21.8 Å². The van der Waals surface area contributed by atoms with E-state index in [9.17, 15) is 9.59 Å². The number of rotatable bonds is 6. The van der Waals surface area contributed by atoms with E-state index in [2.05, 4.69) is 44.6 Å². The summed E-state index contributed by atoms with van der Waals surface area (Å²) in [4.78, 5) is 32.0.